The van der Waals surface area contributed by atoms with E-state index >= 15 is 0 Å². The van der Waals surface area contributed by atoms with Gasteiger partial charge in [-0.05, 0) is 6.42 Å². The lowest BCUT2D eigenvalue weighted by Gasteiger charge is -1.81. The molecule has 0 saturated heterocycles. The summed E-state index contributed by atoms with van der Waals surface area (Å²) in [5.41, 5.74) is -0.336. The van der Waals surface area contributed by atoms with Crippen LogP contribution in [0.15, 0.2) is 0 Å². The van der Waals surface area contributed by atoms with Gasteiger partial charge in [0.25, 0.3) is 0 Å². The van der Waals surface area contributed by atoms with Crippen molar-refractivity contribution in [3.05, 3.63) is 0 Å². The largest absolute Gasteiger partial charge is 0.313 e. The summed E-state index contributed by atoms with van der Waals surface area (Å²) in [5.74, 6) is 0. The molecule has 6 heavy (non-hydrogen) atoms. The highest BCUT2D eigenvalue weighted by Crippen LogP contribution is 1.79. The quantitative estimate of drug-likeness (QED) is 0.412. The summed E-state index contributed by atoms with van der Waals surface area (Å²) >= 11 is 0. The number of carbonyl (C=O) groups is 1. The molecule has 0 aliphatic rings. The first-order valence-electron chi connectivity index (χ1n) is 1.75. The van der Waals surface area contributed by atoms with E-state index in [-0.39, 0.29) is 5.68 Å². The fourth-order valence-corrected chi connectivity index (χ4v) is 0.142. The Labute approximate surface area is 39.9 Å². The number of hydrogen-bond donors (Lipinski definition) is 0. The van der Waals surface area contributed by atoms with Crippen molar-refractivity contribution in [3.8, 4) is 0 Å². The minimum atomic E-state index is -0.336. The monoisotopic (exact) mass is 78.0 g/mol. The highest BCUT2D eigenvalue weighted by molar-refractivity contribution is 6.57. The molecule has 0 bridgehead atoms. The zero-order chi connectivity index (χ0) is 4.99. The van der Waals surface area contributed by atoms with Crippen molar-refractivity contribution in [1.82, 2.24) is 0 Å². The predicted octanol–water partition coefficient (Wildman–Crippen LogP) is -0.342. The zero-order valence-corrected chi connectivity index (χ0v) is 3.48. The first kappa shape index (κ1) is 5.80. The number of hydrogen-bond acceptors (Lipinski definition) is 1. The van der Waals surface area contributed by atoms with E-state index in [1.165, 1.54) is 0 Å². The lowest BCUT2D eigenvalue weighted by Crippen LogP contribution is -1.92. The van der Waals surface area contributed by atoms with Gasteiger partial charge in [0, 0.05) is 0 Å². The van der Waals surface area contributed by atoms with Crippen LogP contribution in [0.2, 0.25) is 6.32 Å². The van der Waals surface area contributed by atoms with Gasteiger partial charge in [0.05, 0.1) is 13.5 Å². The van der Waals surface area contributed by atoms with Crippen LogP contribution in [0, 0.1) is 0 Å². The maximum Gasteiger partial charge on any atom is 0.167 e. The number of rotatable bonds is 2. The molecule has 0 spiro atoms. The molecule has 0 saturated carbocycles. The lowest BCUT2D eigenvalue weighted by atomic mass is 9.91. The topological polar surface area (TPSA) is 17.1 Å². The summed E-state index contributed by atoms with van der Waals surface area (Å²) < 4.78 is 0. The molecule has 0 aromatic carbocycles. The molecule has 0 aliphatic carbocycles. The fraction of sp³-hybridized carbons (Fsp3) is 0.667. The van der Waals surface area contributed by atoms with Crippen molar-refractivity contribution >= 4 is 21.4 Å². The van der Waals surface area contributed by atoms with E-state index in [4.69, 9.17) is 7.85 Å². The van der Waals surface area contributed by atoms with Crippen molar-refractivity contribution < 1.29 is 4.79 Å². The SMILES string of the molecule is [B]CCC([B])=O. The molecule has 0 aromatic heterocycles. The minimum absolute atomic E-state index is 0.292. The molecule has 28 valence electrons. The van der Waals surface area contributed by atoms with Gasteiger partial charge in [0.1, 0.15) is 0 Å². The van der Waals surface area contributed by atoms with Crippen LogP contribution in [0.1, 0.15) is 6.42 Å². The summed E-state index contributed by atoms with van der Waals surface area (Å²) in [7, 11) is 9.61. The second-order valence-electron chi connectivity index (χ2n) is 1.00. The molecular weight excluding hydrogens is 73.7 g/mol. The second kappa shape index (κ2) is 3.01. The van der Waals surface area contributed by atoms with E-state index in [1.54, 1.807) is 0 Å². The Hall–Kier alpha value is -0.200. The van der Waals surface area contributed by atoms with E-state index in [2.05, 4.69) is 7.85 Å². The summed E-state index contributed by atoms with van der Waals surface area (Å²) in [4.78, 5) is 9.74. The Morgan fingerprint density at radius 3 is 2.17 bits per heavy atom. The van der Waals surface area contributed by atoms with Crippen molar-refractivity contribution in [1.29, 1.82) is 0 Å². The van der Waals surface area contributed by atoms with E-state index < -0.39 is 0 Å². The Morgan fingerprint density at radius 2 is 2.17 bits per heavy atom. The Kier molecular flexibility index (Phi) is 2.91. The summed E-state index contributed by atoms with van der Waals surface area (Å²) in [6.07, 6.45) is 0.648. The van der Waals surface area contributed by atoms with Gasteiger partial charge in [-0.1, -0.05) is 6.32 Å². The molecule has 0 atom stereocenters. The molecule has 1 nitrogen and oxygen atoms in total. The molecule has 4 radical (unpaired) electrons. The summed E-state index contributed by atoms with van der Waals surface area (Å²) in [6.45, 7) is 0. The first-order chi connectivity index (χ1) is 2.77. The van der Waals surface area contributed by atoms with Gasteiger partial charge in [-0.2, -0.15) is 0 Å². The molecule has 3 heteroatoms. The van der Waals surface area contributed by atoms with Crippen LogP contribution < -0.4 is 0 Å². The van der Waals surface area contributed by atoms with Gasteiger partial charge in [-0.25, -0.2) is 0 Å². The highest BCUT2D eigenvalue weighted by atomic mass is 16.1. The molecule has 0 aromatic rings. The van der Waals surface area contributed by atoms with Gasteiger partial charge in [0.15, 0.2) is 7.85 Å². The third-order valence-electron chi connectivity index (χ3n) is 0.391. The lowest BCUT2D eigenvalue weighted by molar-refractivity contribution is -0.111. The van der Waals surface area contributed by atoms with Gasteiger partial charge >= 0.3 is 0 Å². The van der Waals surface area contributed by atoms with Crippen molar-refractivity contribution in [2.24, 2.45) is 0 Å². The van der Waals surface area contributed by atoms with Crippen LogP contribution in [0.25, 0.3) is 0 Å². The van der Waals surface area contributed by atoms with Crippen LogP contribution in [-0.4, -0.2) is 21.4 Å². The highest BCUT2D eigenvalue weighted by Gasteiger charge is 1.83. The van der Waals surface area contributed by atoms with Gasteiger partial charge in [0.2, 0.25) is 0 Å². The van der Waals surface area contributed by atoms with Crippen molar-refractivity contribution in [2.75, 3.05) is 0 Å². The summed E-state index contributed by atoms with van der Waals surface area (Å²) in [6, 6.07) is 0. The Bertz CT molecular complexity index is 52.8. The predicted molar refractivity (Wildman–Crippen MR) is 25.9 cm³/mol. The second-order valence-corrected chi connectivity index (χ2v) is 1.00. The molecular formula is C3H4B2O. The standard InChI is InChI=1S/C3H4B2O/c4-2-1-3(5)6/h1-2H2. The van der Waals surface area contributed by atoms with Crippen LogP contribution in [0.4, 0.5) is 0 Å². The average Bonchev–Trinajstić information content (AvgIpc) is 1.35. The minimum Gasteiger partial charge on any atom is -0.313 e. The fourth-order valence-electron chi connectivity index (χ4n) is 0.142. The molecule has 0 aliphatic heterocycles. The van der Waals surface area contributed by atoms with E-state index in [0.29, 0.717) is 12.7 Å². The van der Waals surface area contributed by atoms with E-state index in [1.807, 2.05) is 0 Å². The third kappa shape index (κ3) is 3.80. The Morgan fingerprint density at radius 1 is 1.67 bits per heavy atom. The number of carbonyl (C=O) groups excluding carboxylic acids is 1. The molecule has 0 rings (SSSR count). The van der Waals surface area contributed by atoms with Gasteiger partial charge < -0.3 is 4.79 Å². The maximum atomic E-state index is 9.74. The smallest absolute Gasteiger partial charge is 0.167 e. The van der Waals surface area contributed by atoms with Crippen molar-refractivity contribution in [2.45, 2.75) is 12.7 Å². The molecule has 0 N–H and O–H groups in total. The normalized spacial score (nSPS) is 8.00. The van der Waals surface area contributed by atoms with Crippen LogP contribution in [-0.2, 0) is 4.79 Å². The molecule has 0 heterocycles. The molecule has 0 fully saturated rings. The van der Waals surface area contributed by atoms with Gasteiger partial charge in [-0.3, -0.25) is 0 Å². The summed E-state index contributed by atoms with van der Waals surface area (Å²) in [5, 5.41) is 0. The van der Waals surface area contributed by atoms with Crippen LogP contribution in [0.3, 0.4) is 0 Å². The maximum absolute atomic E-state index is 9.74. The third-order valence-corrected chi connectivity index (χ3v) is 0.391. The molecule has 0 amide bonds. The Balaban J connectivity index is 2.83. The molecule has 0 unspecified atom stereocenters. The van der Waals surface area contributed by atoms with Gasteiger partial charge in [-0.15, -0.1) is 0 Å². The average molecular weight is 77.7 g/mol. The van der Waals surface area contributed by atoms with Crippen LogP contribution in [0.5, 0.6) is 0 Å². The van der Waals surface area contributed by atoms with Crippen LogP contribution >= 0.6 is 0 Å². The first-order valence-corrected chi connectivity index (χ1v) is 1.75. The van der Waals surface area contributed by atoms with Crippen molar-refractivity contribution in [3.63, 3.8) is 0 Å². The zero-order valence-electron chi connectivity index (χ0n) is 3.48. The van der Waals surface area contributed by atoms with E-state index in [9.17, 15) is 4.79 Å². The van der Waals surface area contributed by atoms with E-state index in [0.717, 1.165) is 0 Å².